The third-order valence-electron chi connectivity index (χ3n) is 7.09. The lowest BCUT2D eigenvalue weighted by Crippen LogP contribution is -2.41. The monoisotopic (exact) mass is 471 g/mol. The third kappa shape index (κ3) is 7.94. The molecule has 1 unspecified atom stereocenters. The Bertz CT molecular complexity index is 870. The van der Waals surface area contributed by atoms with Crippen molar-refractivity contribution in [3.8, 4) is 11.8 Å². The largest absolute Gasteiger partial charge is 0.365 e. The number of amides is 2. The fourth-order valence-electron chi connectivity index (χ4n) is 5.14. The third-order valence-corrected chi connectivity index (χ3v) is 7.09. The summed E-state index contributed by atoms with van der Waals surface area (Å²) in [5.74, 6) is 6.42. The first-order valence-corrected chi connectivity index (χ1v) is 13.1. The number of nitrogens with one attached hydrogen (secondary N) is 1. The Hall–Kier alpha value is -2.20. The number of hydrogen-bond acceptors (Lipinski definition) is 5. The van der Waals surface area contributed by atoms with Gasteiger partial charge < -0.3 is 15.4 Å². The van der Waals surface area contributed by atoms with Crippen LogP contribution in [0.5, 0.6) is 0 Å². The summed E-state index contributed by atoms with van der Waals surface area (Å²) in [6.45, 7) is 7.85. The van der Waals surface area contributed by atoms with Crippen LogP contribution in [0.2, 0.25) is 0 Å². The quantitative estimate of drug-likeness (QED) is 0.499. The van der Waals surface area contributed by atoms with E-state index in [1.165, 1.54) is 32.2 Å². The minimum atomic E-state index is -0.277. The number of nitrogens with two attached hydrogens (primary N) is 1. The standard InChI is InChI=1S/C26H35N3O3.C2H6.2H2/c27-22-8-6-20(7-9-22)18-29-14-12-23(13-15-29)32-16-2-4-19-3-1-5-21(17-19)24-10-11-25(30)28-26(24)31;1-2;;/h1,3,5,17,20,22-24H,6-16,18,27H2,(H,28,30,31);1-2H3;2*1H. The molecule has 3 aliphatic rings. The Morgan fingerprint density at radius 2 is 1.82 bits per heavy atom. The van der Waals surface area contributed by atoms with Crippen LogP contribution >= 0.6 is 0 Å². The zero-order chi connectivity index (χ0) is 24.3. The number of hydrogen-bond donors (Lipinski definition) is 2. The van der Waals surface area contributed by atoms with Gasteiger partial charge in [-0.15, -0.1) is 0 Å². The molecule has 2 aliphatic heterocycles. The Morgan fingerprint density at radius 3 is 2.53 bits per heavy atom. The number of carbonyl (C=O) groups is 2. The van der Waals surface area contributed by atoms with Gasteiger partial charge in [-0.1, -0.05) is 37.8 Å². The fraction of sp³-hybridized carbons (Fsp3) is 0.643. The molecule has 4 rings (SSSR count). The first-order chi connectivity index (χ1) is 16.6. The molecule has 2 heterocycles. The van der Waals surface area contributed by atoms with E-state index in [0.29, 0.717) is 25.5 Å². The minimum absolute atomic E-state index is 0. The van der Waals surface area contributed by atoms with E-state index in [4.69, 9.17) is 10.5 Å². The smallest absolute Gasteiger partial charge is 0.234 e. The van der Waals surface area contributed by atoms with Crippen molar-refractivity contribution in [2.24, 2.45) is 11.7 Å². The Kier molecular flexibility index (Phi) is 10.6. The number of imide groups is 1. The highest BCUT2D eigenvalue weighted by Crippen LogP contribution is 2.26. The van der Waals surface area contributed by atoms with Crippen LogP contribution in [0.1, 0.15) is 85.1 Å². The molecule has 0 spiro atoms. The molecule has 1 aromatic rings. The van der Waals surface area contributed by atoms with Crippen LogP contribution in [0.15, 0.2) is 24.3 Å². The van der Waals surface area contributed by atoms with Gasteiger partial charge in [0.05, 0.1) is 12.0 Å². The van der Waals surface area contributed by atoms with Crippen molar-refractivity contribution in [3.63, 3.8) is 0 Å². The summed E-state index contributed by atoms with van der Waals surface area (Å²) >= 11 is 0. The Labute approximate surface area is 208 Å². The van der Waals surface area contributed by atoms with E-state index >= 15 is 0 Å². The molecule has 34 heavy (non-hydrogen) atoms. The van der Waals surface area contributed by atoms with E-state index in [0.717, 1.165) is 43.0 Å². The zero-order valence-corrected chi connectivity index (χ0v) is 20.9. The molecule has 1 aliphatic carbocycles. The number of rotatable bonds is 5. The van der Waals surface area contributed by atoms with Gasteiger partial charge in [0.25, 0.3) is 0 Å². The number of benzene rings is 1. The van der Waals surface area contributed by atoms with Crippen LogP contribution in [0.4, 0.5) is 0 Å². The second-order valence-electron chi connectivity index (χ2n) is 9.52. The summed E-state index contributed by atoms with van der Waals surface area (Å²) in [6.07, 6.45) is 8.27. The van der Waals surface area contributed by atoms with Crippen molar-refractivity contribution in [2.75, 3.05) is 26.2 Å². The molecular weight excluding hydrogens is 426 g/mol. The molecule has 1 saturated carbocycles. The summed E-state index contributed by atoms with van der Waals surface area (Å²) in [5.41, 5.74) is 7.81. The topological polar surface area (TPSA) is 84.7 Å². The number of nitrogens with zero attached hydrogens (tertiary/aromatic N) is 1. The van der Waals surface area contributed by atoms with Gasteiger partial charge in [-0.25, -0.2) is 0 Å². The molecule has 0 radical (unpaired) electrons. The summed E-state index contributed by atoms with van der Waals surface area (Å²) in [7, 11) is 0. The number of carbonyl (C=O) groups excluding carboxylic acids is 2. The van der Waals surface area contributed by atoms with Crippen molar-refractivity contribution in [1.29, 1.82) is 0 Å². The van der Waals surface area contributed by atoms with Crippen molar-refractivity contribution in [2.45, 2.75) is 83.3 Å². The van der Waals surface area contributed by atoms with Crippen molar-refractivity contribution in [3.05, 3.63) is 35.4 Å². The first-order valence-electron chi connectivity index (χ1n) is 13.1. The maximum Gasteiger partial charge on any atom is 0.234 e. The first kappa shape index (κ1) is 26.4. The lowest BCUT2D eigenvalue weighted by atomic mass is 9.86. The van der Waals surface area contributed by atoms with E-state index in [1.54, 1.807) is 0 Å². The van der Waals surface area contributed by atoms with Gasteiger partial charge in [-0.05, 0) is 68.6 Å². The number of ether oxygens (including phenoxy) is 1. The van der Waals surface area contributed by atoms with E-state index in [9.17, 15) is 9.59 Å². The zero-order valence-electron chi connectivity index (χ0n) is 20.9. The second-order valence-corrected chi connectivity index (χ2v) is 9.52. The van der Waals surface area contributed by atoms with Crippen LogP contribution in [0.3, 0.4) is 0 Å². The molecule has 6 heteroatoms. The maximum atomic E-state index is 12.1. The molecule has 190 valence electrons. The SMILES string of the molecule is CC.NC1CCC(CN2CCC(OCC#Cc3cccc(C4CCC(=O)NC4=O)c3)CC2)CC1.[HH].[HH]. The molecule has 1 atom stereocenters. The van der Waals surface area contributed by atoms with E-state index in [2.05, 4.69) is 22.1 Å². The molecule has 2 saturated heterocycles. The molecule has 3 N–H and O–H groups in total. The maximum absolute atomic E-state index is 12.1. The average Bonchev–Trinajstić information content (AvgIpc) is 2.86. The second kappa shape index (κ2) is 13.6. The summed E-state index contributed by atoms with van der Waals surface area (Å²) in [5, 5.41) is 2.42. The highest BCUT2D eigenvalue weighted by atomic mass is 16.5. The summed E-state index contributed by atoms with van der Waals surface area (Å²) < 4.78 is 6.01. The Morgan fingerprint density at radius 1 is 1.09 bits per heavy atom. The fourth-order valence-corrected chi connectivity index (χ4v) is 5.14. The Balaban J connectivity index is 0.00000158. The average molecular weight is 472 g/mol. The van der Waals surface area contributed by atoms with Gasteiger partial charge in [0.15, 0.2) is 0 Å². The summed E-state index contributed by atoms with van der Waals surface area (Å²) in [4.78, 5) is 26.1. The van der Waals surface area contributed by atoms with Crippen LogP contribution in [-0.4, -0.2) is 55.1 Å². The van der Waals surface area contributed by atoms with Crippen molar-refractivity contribution >= 4 is 11.8 Å². The highest BCUT2D eigenvalue weighted by Gasteiger charge is 2.28. The van der Waals surface area contributed by atoms with Gasteiger partial charge in [0, 0.05) is 40.5 Å². The van der Waals surface area contributed by atoms with Gasteiger partial charge in [-0.2, -0.15) is 0 Å². The lowest BCUT2D eigenvalue weighted by Gasteiger charge is -2.35. The van der Waals surface area contributed by atoms with Crippen molar-refractivity contribution < 1.29 is 17.2 Å². The van der Waals surface area contributed by atoms with E-state index in [-0.39, 0.29) is 26.7 Å². The van der Waals surface area contributed by atoms with Gasteiger partial charge in [0.1, 0.15) is 6.61 Å². The summed E-state index contributed by atoms with van der Waals surface area (Å²) in [6, 6.07) is 8.16. The molecular formula is C28H45N3O3. The van der Waals surface area contributed by atoms with Crippen LogP contribution in [0.25, 0.3) is 0 Å². The molecule has 6 nitrogen and oxygen atoms in total. The van der Waals surface area contributed by atoms with Gasteiger partial charge >= 0.3 is 0 Å². The minimum Gasteiger partial charge on any atom is -0.365 e. The number of likely N-dealkylation sites (tertiary alicyclic amines) is 1. The van der Waals surface area contributed by atoms with Gasteiger partial charge in [-0.3, -0.25) is 14.9 Å². The predicted molar refractivity (Wildman–Crippen MR) is 139 cm³/mol. The van der Waals surface area contributed by atoms with Crippen LogP contribution in [0, 0.1) is 17.8 Å². The molecule has 3 fully saturated rings. The normalized spacial score (nSPS) is 26.0. The van der Waals surface area contributed by atoms with Crippen LogP contribution < -0.4 is 11.1 Å². The predicted octanol–water partition coefficient (Wildman–Crippen LogP) is 4.08. The van der Waals surface area contributed by atoms with E-state index in [1.807, 2.05) is 38.1 Å². The lowest BCUT2D eigenvalue weighted by molar-refractivity contribution is -0.134. The molecule has 2 amide bonds. The number of piperidine rings is 2. The van der Waals surface area contributed by atoms with Gasteiger partial charge in [0.2, 0.25) is 11.8 Å². The molecule has 0 bridgehead atoms. The molecule has 0 aromatic heterocycles. The van der Waals surface area contributed by atoms with Crippen molar-refractivity contribution in [1.82, 2.24) is 10.2 Å². The highest BCUT2D eigenvalue weighted by molar-refractivity contribution is 6.00. The molecule has 1 aromatic carbocycles. The van der Waals surface area contributed by atoms with E-state index < -0.39 is 0 Å². The van der Waals surface area contributed by atoms with Crippen LogP contribution in [-0.2, 0) is 14.3 Å².